The molecule has 3 rings (SSSR count). The molecule has 2 fully saturated rings. The Morgan fingerprint density at radius 3 is 2.76 bits per heavy atom. The number of nitrogens with zero attached hydrogens (tertiary/aromatic N) is 2. The summed E-state index contributed by atoms with van der Waals surface area (Å²) in [5.41, 5.74) is 1.41. The van der Waals surface area contributed by atoms with Crippen molar-refractivity contribution in [3.05, 3.63) is 23.3 Å². The molecule has 1 amide bonds. The van der Waals surface area contributed by atoms with Crippen LogP contribution in [0.2, 0.25) is 0 Å². The van der Waals surface area contributed by atoms with Crippen molar-refractivity contribution in [2.75, 3.05) is 13.1 Å². The van der Waals surface area contributed by atoms with Crippen LogP contribution in [0.5, 0.6) is 0 Å². The van der Waals surface area contributed by atoms with E-state index in [1.54, 1.807) is 6.20 Å². The quantitative estimate of drug-likeness (QED) is 0.892. The predicted molar refractivity (Wildman–Crippen MR) is 81.3 cm³/mol. The second-order valence-corrected chi connectivity index (χ2v) is 6.23. The van der Waals surface area contributed by atoms with Crippen LogP contribution in [0.3, 0.4) is 0 Å². The fourth-order valence-electron chi connectivity index (χ4n) is 3.31. The summed E-state index contributed by atoms with van der Waals surface area (Å²) in [7, 11) is 0. The van der Waals surface area contributed by atoms with Crippen molar-refractivity contribution >= 4 is 5.91 Å². The highest BCUT2D eigenvalue weighted by atomic mass is 16.1. The van der Waals surface area contributed by atoms with Crippen molar-refractivity contribution in [2.24, 2.45) is 0 Å². The molecule has 1 atom stereocenters. The lowest BCUT2D eigenvalue weighted by molar-refractivity contribution is 0.0936. The molecule has 1 aliphatic carbocycles. The van der Waals surface area contributed by atoms with Crippen molar-refractivity contribution in [3.63, 3.8) is 0 Å². The van der Waals surface area contributed by atoms with Gasteiger partial charge in [-0.25, -0.2) is 9.97 Å². The number of piperidine rings is 1. The Hall–Kier alpha value is -1.49. The normalized spacial score (nSPS) is 23.2. The maximum absolute atomic E-state index is 12.3. The summed E-state index contributed by atoms with van der Waals surface area (Å²) in [6.45, 7) is 3.93. The average molecular weight is 288 g/mol. The van der Waals surface area contributed by atoms with E-state index in [4.69, 9.17) is 0 Å². The molecule has 0 spiro atoms. The van der Waals surface area contributed by atoms with Crippen LogP contribution in [0.1, 0.15) is 66.3 Å². The molecule has 1 unspecified atom stereocenters. The summed E-state index contributed by atoms with van der Waals surface area (Å²) in [4.78, 5) is 21.3. The number of carbonyl (C=O) groups excluding carboxylic acids is 1. The summed E-state index contributed by atoms with van der Waals surface area (Å²) in [5, 5.41) is 6.48. The van der Waals surface area contributed by atoms with Crippen molar-refractivity contribution in [2.45, 2.75) is 57.4 Å². The Morgan fingerprint density at radius 2 is 2.10 bits per heavy atom. The first kappa shape index (κ1) is 14.4. The Balaban J connectivity index is 1.69. The van der Waals surface area contributed by atoms with Gasteiger partial charge in [-0.15, -0.1) is 0 Å². The van der Waals surface area contributed by atoms with Gasteiger partial charge < -0.3 is 10.6 Å². The van der Waals surface area contributed by atoms with Crippen LogP contribution in [0.25, 0.3) is 0 Å². The summed E-state index contributed by atoms with van der Waals surface area (Å²) in [5.74, 6) is 1.23. The van der Waals surface area contributed by atoms with Gasteiger partial charge in [0.1, 0.15) is 5.82 Å². The minimum atomic E-state index is -0.0206. The van der Waals surface area contributed by atoms with Gasteiger partial charge in [-0.3, -0.25) is 4.79 Å². The number of aromatic nitrogens is 2. The van der Waals surface area contributed by atoms with E-state index in [2.05, 4.69) is 20.6 Å². The zero-order chi connectivity index (χ0) is 14.7. The number of rotatable bonds is 3. The molecule has 0 bridgehead atoms. The molecular weight excluding hydrogens is 264 g/mol. The molecule has 2 heterocycles. The van der Waals surface area contributed by atoms with E-state index in [-0.39, 0.29) is 5.91 Å². The van der Waals surface area contributed by atoms with E-state index in [0.717, 1.165) is 50.3 Å². The monoisotopic (exact) mass is 288 g/mol. The standard InChI is InChI=1S/C16H24N4O/c1-11-14(16(21)20-13-6-2-3-7-13)10-18-15(19-11)12-5-4-8-17-9-12/h10,12-13,17H,2-9H2,1H3,(H,20,21). The van der Waals surface area contributed by atoms with Gasteiger partial charge >= 0.3 is 0 Å². The van der Waals surface area contributed by atoms with Gasteiger partial charge in [0.05, 0.1) is 11.3 Å². The van der Waals surface area contributed by atoms with Gasteiger partial charge in [0.2, 0.25) is 0 Å². The molecule has 0 radical (unpaired) electrons. The Bertz CT molecular complexity index is 505. The fourth-order valence-corrected chi connectivity index (χ4v) is 3.31. The first-order valence-corrected chi connectivity index (χ1v) is 8.09. The van der Waals surface area contributed by atoms with Crippen LogP contribution >= 0.6 is 0 Å². The second-order valence-electron chi connectivity index (χ2n) is 6.23. The third kappa shape index (κ3) is 3.40. The number of hydrogen-bond acceptors (Lipinski definition) is 4. The van der Waals surface area contributed by atoms with Gasteiger partial charge in [-0.2, -0.15) is 0 Å². The van der Waals surface area contributed by atoms with E-state index in [1.165, 1.54) is 12.8 Å². The van der Waals surface area contributed by atoms with Crippen LogP contribution in [0.4, 0.5) is 0 Å². The van der Waals surface area contributed by atoms with Crippen LogP contribution in [-0.4, -0.2) is 35.0 Å². The van der Waals surface area contributed by atoms with Crippen LogP contribution in [0, 0.1) is 6.92 Å². The third-order valence-electron chi connectivity index (χ3n) is 4.60. The number of hydrogen-bond donors (Lipinski definition) is 2. The lowest BCUT2D eigenvalue weighted by Gasteiger charge is -2.22. The molecule has 5 heteroatoms. The molecule has 0 aromatic carbocycles. The number of nitrogens with one attached hydrogen (secondary N) is 2. The SMILES string of the molecule is Cc1nc(C2CCCNC2)ncc1C(=O)NC1CCCC1. The zero-order valence-electron chi connectivity index (χ0n) is 12.7. The van der Waals surface area contributed by atoms with E-state index in [0.29, 0.717) is 17.5 Å². The van der Waals surface area contributed by atoms with E-state index in [9.17, 15) is 4.79 Å². The molecule has 114 valence electrons. The van der Waals surface area contributed by atoms with Crippen molar-refractivity contribution in [1.29, 1.82) is 0 Å². The van der Waals surface area contributed by atoms with Gasteiger partial charge in [0.25, 0.3) is 5.91 Å². The number of aryl methyl sites for hydroxylation is 1. The lowest BCUT2D eigenvalue weighted by atomic mass is 9.98. The minimum Gasteiger partial charge on any atom is -0.349 e. The molecule has 2 N–H and O–H groups in total. The number of carbonyl (C=O) groups is 1. The first-order chi connectivity index (χ1) is 10.2. The smallest absolute Gasteiger partial charge is 0.254 e. The number of amides is 1. The summed E-state index contributed by atoms with van der Waals surface area (Å²) < 4.78 is 0. The highest BCUT2D eigenvalue weighted by Gasteiger charge is 2.22. The Morgan fingerprint density at radius 1 is 1.29 bits per heavy atom. The van der Waals surface area contributed by atoms with Crippen molar-refractivity contribution in [1.82, 2.24) is 20.6 Å². The molecule has 5 nitrogen and oxygen atoms in total. The largest absolute Gasteiger partial charge is 0.349 e. The lowest BCUT2D eigenvalue weighted by Crippen LogP contribution is -2.34. The molecule has 1 saturated carbocycles. The molecule has 1 aromatic heterocycles. The van der Waals surface area contributed by atoms with Crippen molar-refractivity contribution < 1.29 is 4.79 Å². The summed E-state index contributed by atoms with van der Waals surface area (Å²) in [6, 6.07) is 0.333. The van der Waals surface area contributed by atoms with Crippen LogP contribution in [0.15, 0.2) is 6.20 Å². The molecule has 21 heavy (non-hydrogen) atoms. The van der Waals surface area contributed by atoms with Gasteiger partial charge in [-0.05, 0) is 39.2 Å². The van der Waals surface area contributed by atoms with E-state index < -0.39 is 0 Å². The van der Waals surface area contributed by atoms with Gasteiger partial charge in [0.15, 0.2) is 0 Å². The molecule has 1 aliphatic heterocycles. The molecule has 1 aromatic rings. The molecule has 1 saturated heterocycles. The van der Waals surface area contributed by atoms with Gasteiger partial charge in [0, 0.05) is 24.7 Å². The van der Waals surface area contributed by atoms with E-state index in [1.807, 2.05) is 6.92 Å². The average Bonchev–Trinajstić information content (AvgIpc) is 3.01. The predicted octanol–water partition coefficient (Wildman–Crippen LogP) is 1.92. The minimum absolute atomic E-state index is 0.0206. The zero-order valence-corrected chi connectivity index (χ0v) is 12.7. The summed E-state index contributed by atoms with van der Waals surface area (Å²) in [6.07, 6.45) is 8.62. The highest BCUT2D eigenvalue weighted by Crippen LogP contribution is 2.21. The van der Waals surface area contributed by atoms with E-state index >= 15 is 0 Å². The second kappa shape index (κ2) is 6.52. The molecule has 2 aliphatic rings. The maximum Gasteiger partial charge on any atom is 0.254 e. The Labute approximate surface area is 125 Å². The van der Waals surface area contributed by atoms with Gasteiger partial charge in [-0.1, -0.05) is 12.8 Å². The molecular formula is C16H24N4O. The fraction of sp³-hybridized carbons (Fsp3) is 0.688. The highest BCUT2D eigenvalue weighted by molar-refractivity contribution is 5.95. The van der Waals surface area contributed by atoms with Crippen LogP contribution < -0.4 is 10.6 Å². The van der Waals surface area contributed by atoms with Crippen molar-refractivity contribution in [3.8, 4) is 0 Å². The van der Waals surface area contributed by atoms with Crippen LogP contribution in [-0.2, 0) is 0 Å². The third-order valence-corrected chi connectivity index (χ3v) is 4.60. The maximum atomic E-state index is 12.3. The topological polar surface area (TPSA) is 66.9 Å². The Kier molecular flexibility index (Phi) is 4.48. The summed E-state index contributed by atoms with van der Waals surface area (Å²) >= 11 is 0. The first-order valence-electron chi connectivity index (χ1n) is 8.09.